The first kappa shape index (κ1) is 50.5. The molecule has 0 saturated heterocycles. The lowest BCUT2D eigenvalue weighted by Crippen LogP contribution is -2.05. The number of hydrogen-bond acceptors (Lipinski definition) is 21. The molecule has 3 heterocycles. The van der Waals surface area contributed by atoms with Crippen molar-refractivity contribution in [2.75, 3.05) is 23.1 Å². The lowest BCUT2D eigenvalue weighted by Gasteiger charge is -2.08. The number of non-ortho nitro benzene ring substituents is 4. The van der Waals surface area contributed by atoms with Crippen molar-refractivity contribution in [3.63, 3.8) is 0 Å². The second kappa shape index (κ2) is 22.8. The van der Waals surface area contributed by atoms with Gasteiger partial charge in [0, 0.05) is 88.3 Å². The molecule has 0 radical (unpaired) electrons. The fourth-order valence-electron chi connectivity index (χ4n) is 5.94. The Labute approximate surface area is 414 Å². The maximum Gasteiger partial charge on any atom is 0.416 e. The van der Waals surface area contributed by atoms with Gasteiger partial charge in [0.1, 0.15) is 20.8 Å². The zero-order valence-electron chi connectivity index (χ0n) is 36.4. The third kappa shape index (κ3) is 13.6. The smallest absolute Gasteiger partial charge is 0.416 e. The first-order valence-electron chi connectivity index (χ1n) is 20.1. The van der Waals surface area contributed by atoms with Gasteiger partial charge >= 0.3 is 6.18 Å². The number of nitrogens with zero attached hydrogens (tertiary/aromatic N) is 10. The zero-order chi connectivity index (χ0) is 51.4. The van der Waals surface area contributed by atoms with Gasteiger partial charge in [-0.2, -0.15) is 13.2 Å². The van der Waals surface area contributed by atoms with Gasteiger partial charge in [0.2, 0.25) is 15.4 Å². The van der Waals surface area contributed by atoms with Gasteiger partial charge in [-0.05, 0) is 42.5 Å². The van der Waals surface area contributed by atoms with Crippen LogP contribution in [0.15, 0.2) is 146 Å². The van der Waals surface area contributed by atoms with Crippen LogP contribution in [0.2, 0.25) is 0 Å². The summed E-state index contributed by atoms with van der Waals surface area (Å²) in [5.41, 5.74) is 2.58. The highest BCUT2D eigenvalue weighted by Crippen LogP contribution is 2.35. The molecule has 0 bridgehead atoms. The number of nitrogens with one attached hydrogen (secondary N) is 3. The van der Waals surface area contributed by atoms with Gasteiger partial charge in [-0.1, -0.05) is 82.5 Å². The Bertz CT molecular complexity index is 3390. The van der Waals surface area contributed by atoms with E-state index >= 15 is 0 Å². The zero-order valence-corrected chi connectivity index (χ0v) is 38.8. The number of ether oxygens (including phenoxy) is 1. The molecule has 0 aliphatic heterocycles. The highest BCUT2D eigenvalue weighted by Gasteiger charge is 2.30. The summed E-state index contributed by atoms with van der Waals surface area (Å²) in [5.74, 6) is 0.735. The van der Waals surface area contributed by atoms with Crippen LogP contribution >= 0.6 is 34.0 Å². The molecule has 22 nitrogen and oxygen atoms in total. The summed E-state index contributed by atoms with van der Waals surface area (Å²) >= 11 is 3.62. The predicted molar refractivity (Wildman–Crippen MR) is 263 cm³/mol. The van der Waals surface area contributed by atoms with E-state index in [1.54, 1.807) is 49.6 Å². The molecule has 6 aromatic carbocycles. The van der Waals surface area contributed by atoms with E-state index in [1.165, 1.54) is 89.4 Å². The van der Waals surface area contributed by atoms with Crippen LogP contribution < -0.4 is 20.7 Å². The summed E-state index contributed by atoms with van der Waals surface area (Å²) in [4.78, 5) is 41.2. The van der Waals surface area contributed by atoms with Crippen LogP contribution in [0, 0.1) is 40.5 Å². The van der Waals surface area contributed by atoms with E-state index in [2.05, 4.69) is 46.5 Å². The van der Waals surface area contributed by atoms with Crippen molar-refractivity contribution in [2.45, 2.75) is 6.18 Å². The molecule has 0 saturated carbocycles. The highest BCUT2D eigenvalue weighted by atomic mass is 32.1. The van der Waals surface area contributed by atoms with Crippen molar-refractivity contribution in [2.24, 2.45) is 0 Å². The molecule has 0 unspecified atom stereocenters. The van der Waals surface area contributed by atoms with Gasteiger partial charge in [0.15, 0.2) is 0 Å². The van der Waals surface area contributed by atoms with Crippen molar-refractivity contribution < 1.29 is 37.6 Å². The van der Waals surface area contributed by atoms with Crippen LogP contribution in [0.1, 0.15) is 5.56 Å². The van der Waals surface area contributed by atoms with Crippen LogP contribution in [0.3, 0.4) is 0 Å². The largest absolute Gasteiger partial charge is 0.497 e. The SMILES string of the molecule is COc1cccc(Nc2nnc(-c3cccc([N+](=O)[O-])c3)s2)c1.O=[N+]([O-])c1ccc(Nc2nnc(-c3cccc([N+](=O)[O-])c3)s2)cc1.O=[N+]([O-])c1cccc(-c2nnc(Nc3cccc(C(F)(F)F)c3)s2)c1. The van der Waals surface area contributed by atoms with Crippen molar-refractivity contribution in [1.82, 2.24) is 30.6 Å². The number of nitro groups is 4. The monoisotopic (exact) mass is 1040 g/mol. The number of aromatic nitrogens is 6. The summed E-state index contributed by atoms with van der Waals surface area (Å²) in [6, 6.07) is 36.3. The van der Waals surface area contributed by atoms with Gasteiger partial charge in [0.25, 0.3) is 22.7 Å². The second-order valence-corrected chi connectivity index (χ2v) is 17.1. The predicted octanol–water partition coefficient (Wildman–Crippen LogP) is 12.5. The Morgan fingerprint density at radius 3 is 1.21 bits per heavy atom. The normalized spacial score (nSPS) is 10.7. The van der Waals surface area contributed by atoms with Crippen LogP contribution in [-0.2, 0) is 6.18 Å². The molecular formula is C44H30F3N13O9S3. The Morgan fingerprint density at radius 1 is 0.444 bits per heavy atom. The maximum atomic E-state index is 12.7. The molecule has 0 fully saturated rings. The fourth-order valence-corrected chi connectivity index (χ4v) is 8.22. The molecule has 9 rings (SSSR count). The number of halogens is 3. The standard InChI is InChI=1S/C15H9F3N4O2S.C15H12N4O3S.C14H9N5O4S/c16-15(17,18)10-4-2-5-11(8-10)19-14-21-20-13(25-14)9-3-1-6-12(7-9)22(23)24;1-22-13-7-3-5-11(9-13)16-15-18-17-14(23-15)10-4-2-6-12(8-10)19(20)21;20-18(21)11-6-4-10(5-7-11)15-14-17-16-13(24-14)9-2-1-3-12(8-9)19(22)23/h1-8H,(H,19,21);2-9H,1H3,(H,16,18);1-8H,(H,15,17). The quantitative estimate of drug-likeness (QED) is 0.0673. The van der Waals surface area contributed by atoms with Crippen LogP contribution in [0.25, 0.3) is 31.7 Å². The molecule has 72 heavy (non-hydrogen) atoms. The Kier molecular flexibility index (Phi) is 16.0. The molecule has 0 aliphatic rings. The van der Waals surface area contributed by atoms with E-state index in [9.17, 15) is 53.6 Å². The molecule has 0 spiro atoms. The molecule has 364 valence electrons. The fraction of sp³-hybridized carbons (Fsp3) is 0.0455. The van der Waals surface area contributed by atoms with Crippen LogP contribution in [0.4, 0.5) is 68.4 Å². The van der Waals surface area contributed by atoms with Crippen molar-refractivity contribution >= 4 is 89.2 Å². The number of hydrogen-bond donors (Lipinski definition) is 3. The topological polar surface area (TPSA) is 295 Å². The van der Waals surface area contributed by atoms with Gasteiger partial charge in [0.05, 0.1) is 32.4 Å². The minimum Gasteiger partial charge on any atom is -0.497 e. The van der Waals surface area contributed by atoms with Crippen LogP contribution in [-0.4, -0.2) is 57.4 Å². The molecule has 3 aromatic heterocycles. The average Bonchev–Trinajstić information content (AvgIpc) is 4.17. The number of nitro benzene ring substituents is 4. The number of methoxy groups -OCH3 is 1. The minimum atomic E-state index is -4.44. The molecule has 0 aliphatic carbocycles. The molecule has 3 N–H and O–H groups in total. The molecule has 28 heteroatoms. The summed E-state index contributed by atoms with van der Waals surface area (Å²) in [7, 11) is 1.60. The van der Waals surface area contributed by atoms with Gasteiger partial charge in [-0.25, -0.2) is 0 Å². The Balaban J connectivity index is 0.000000159. The number of rotatable bonds is 14. The van der Waals surface area contributed by atoms with E-state index in [0.717, 1.165) is 34.9 Å². The third-order valence-electron chi connectivity index (χ3n) is 9.28. The lowest BCUT2D eigenvalue weighted by atomic mass is 10.2. The Morgan fingerprint density at radius 2 is 0.819 bits per heavy atom. The van der Waals surface area contributed by atoms with E-state index in [-0.39, 0.29) is 33.6 Å². The van der Waals surface area contributed by atoms with E-state index in [0.29, 0.717) is 47.7 Å². The van der Waals surface area contributed by atoms with E-state index in [4.69, 9.17) is 4.74 Å². The number of anilines is 6. The van der Waals surface area contributed by atoms with Gasteiger partial charge in [-0.3, -0.25) is 40.5 Å². The molecule has 0 amide bonds. The lowest BCUT2D eigenvalue weighted by molar-refractivity contribution is -0.385. The number of alkyl halides is 3. The van der Waals surface area contributed by atoms with E-state index in [1.807, 2.05) is 24.3 Å². The van der Waals surface area contributed by atoms with Gasteiger partial charge in [-0.15, -0.1) is 30.6 Å². The van der Waals surface area contributed by atoms with Crippen molar-refractivity contribution in [3.05, 3.63) is 192 Å². The van der Waals surface area contributed by atoms with Crippen molar-refractivity contribution in [1.29, 1.82) is 0 Å². The minimum absolute atomic E-state index is 0.00454. The van der Waals surface area contributed by atoms with E-state index < -0.39 is 31.4 Å². The second-order valence-electron chi connectivity index (χ2n) is 14.1. The van der Waals surface area contributed by atoms with Crippen LogP contribution in [0.5, 0.6) is 5.75 Å². The first-order chi connectivity index (χ1) is 34.5. The molecule has 9 aromatic rings. The molecular weight excluding hydrogens is 1010 g/mol. The van der Waals surface area contributed by atoms with Gasteiger partial charge < -0.3 is 20.7 Å². The highest BCUT2D eigenvalue weighted by molar-refractivity contribution is 7.19. The maximum absolute atomic E-state index is 12.7. The summed E-state index contributed by atoms with van der Waals surface area (Å²) < 4.78 is 43.3. The Hall–Kier alpha value is -9.41. The van der Waals surface area contributed by atoms with Crippen molar-refractivity contribution in [3.8, 4) is 37.5 Å². The summed E-state index contributed by atoms with van der Waals surface area (Å²) in [6.07, 6.45) is -4.44. The average molecular weight is 1040 g/mol. The third-order valence-corrected chi connectivity index (χ3v) is 11.9. The number of benzene rings is 6. The summed E-state index contributed by atoms with van der Waals surface area (Å²) in [5, 5.41) is 78.8. The first-order valence-corrected chi connectivity index (χ1v) is 22.6. The summed E-state index contributed by atoms with van der Waals surface area (Å²) in [6.45, 7) is 0. The molecule has 0 atom stereocenters.